The zero-order valence-corrected chi connectivity index (χ0v) is 19.2. The van der Waals surface area contributed by atoms with Crippen LogP contribution in [0.1, 0.15) is 38.5 Å². The van der Waals surface area contributed by atoms with E-state index in [-0.39, 0.29) is 23.7 Å². The number of hydrogen-bond donors (Lipinski definition) is 1. The molecule has 172 valence electrons. The molecule has 0 radical (unpaired) electrons. The molecule has 1 unspecified atom stereocenters. The summed E-state index contributed by atoms with van der Waals surface area (Å²) in [6, 6.07) is 9.03. The third-order valence-electron chi connectivity index (χ3n) is 6.97. The molecular weight excluding hydrogens is 428 g/mol. The van der Waals surface area contributed by atoms with Crippen LogP contribution in [0.4, 0.5) is 5.69 Å². The van der Waals surface area contributed by atoms with Gasteiger partial charge < -0.3 is 15.1 Å². The normalized spacial score (nSPS) is 25.0. The molecule has 2 atom stereocenters. The van der Waals surface area contributed by atoms with E-state index >= 15 is 0 Å². The first-order chi connectivity index (χ1) is 15.2. The summed E-state index contributed by atoms with van der Waals surface area (Å²) in [6.45, 7) is 2.45. The van der Waals surface area contributed by atoms with Gasteiger partial charge in [0.25, 0.3) is 0 Å². The summed E-state index contributed by atoms with van der Waals surface area (Å²) in [5.41, 5.74) is 0.228. The Hall–Kier alpha value is -2.60. The van der Waals surface area contributed by atoms with E-state index in [1.54, 1.807) is 24.3 Å². The molecule has 1 N–H and O–H groups in total. The molecule has 0 spiro atoms. The molecule has 1 heterocycles. The number of amides is 2. The second kappa shape index (κ2) is 8.74. The fraction of sp³-hybridized carbons (Fsp3) is 0.609. The summed E-state index contributed by atoms with van der Waals surface area (Å²) < 4.78 is 23.3. The fourth-order valence-electron chi connectivity index (χ4n) is 4.78. The highest BCUT2D eigenvalue weighted by atomic mass is 32.2. The summed E-state index contributed by atoms with van der Waals surface area (Å²) in [5, 5.41) is 12.2. The molecule has 2 amide bonds. The molecule has 1 aliphatic heterocycles. The minimum atomic E-state index is -3.23. The van der Waals surface area contributed by atoms with Crippen LogP contribution in [0.25, 0.3) is 0 Å². The van der Waals surface area contributed by atoms with Crippen LogP contribution in [-0.4, -0.2) is 63.1 Å². The van der Waals surface area contributed by atoms with E-state index in [1.165, 1.54) is 6.26 Å². The van der Waals surface area contributed by atoms with Gasteiger partial charge in [-0.05, 0) is 49.9 Å². The van der Waals surface area contributed by atoms with Crippen LogP contribution in [0.3, 0.4) is 0 Å². The van der Waals surface area contributed by atoms with Crippen molar-refractivity contribution >= 4 is 27.3 Å². The van der Waals surface area contributed by atoms with E-state index in [1.807, 2.05) is 4.90 Å². The molecule has 3 aliphatic rings. The first kappa shape index (κ1) is 22.6. The van der Waals surface area contributed by atoms with Crippen molar-refractivity contribution in [2.45, 2.75) is 49.0 Å². The quantitative estimate of drug-likeness (QED) is 0.719. The number of nitrogens with zero attached hydrogens (tertiary/aromatic N) is 3. The Kier molecular flexibility index (Phi) is 6.17. The number of nitrogens with one attached hydrogen (secondary N) is 1. The largest absolute Gasteiger partial charge is 0.368 e. The Bertz CT molecular complexity index is 1020. The Morgan fingerprint density at radius 3 is 2.16 bits per heavy atom. The molecule has 0 bridgehead atoms. The minimum absolute atomic E-state index is 0.0405. The lowest BCUT2D eigenvalue weighted by molar-refractivity contribution is -0.144. The maximum Gasteiger partial charge on any atom is 0.226 e. The zero-order chi connectivity index (χ0) is 22.9. The molecule has 0 aromatic heterocycles. The molecule has 9 heteroatoms. The first-order valence-electron chi connectivity index (χ1n) is 11.3. The van der Waals surface area contributed by atoms with Crippen LogP contribution in [0, 0.1) is 23.2 Å². The molecule has 3 fully saturated rings. The fourth-order valence-corrected chi connectivity index (χ4v) is 5.41. The Balaban J connectivity index is 1.36. The zero-order valence-electron chi connectivity index (χ0n) is 18.4. The van der Waals surface area contributed by atoms with Gasteiger partial charge in [-0.25, -0.2) is 8.42 Å². The highest BCUT2D eigenvalue weighted by Gasteiger charge is 2.47. The number of rotatable bonds is 5. The maximum atomic E-state index is 13.3. The van der Waals surface area contributed by atoms with Gasteiger partial charge in [0.1, 0.15) is 5.54 Å². The van der Waals surface area contributed by atoms with E-state index in [2.05, 4.69) is 16.3 Å². The van der Waals surface area contributed by atoms with Crippen molar-refractivity contribution in [3.63, 3.8) is 0 Å². The van der Waals surface area contributed by atoms with Gasteiger partial charge >= 0.3 is 0 Å². The molecule has 1 aromatic carbocycles. The third-order valence-corrected chi connectivity index (χ3v) is 8.10. The van der Waals surface area contributed by atoms with E-state index in [0.717, 1.165) is 18.5 Å². The average Bonchev–Trinajstić information content (AvgIpc) is 3.58. The highest BCUT2D eigenvalue weighted by Crippen LogP contribution is 2.37. The number of sulfone groups is 1. The van der Waals surface area contributed by atoms with Gasteiger partial charge in [-0.1, -0.05) is 12.8 Å². The second-order valence-electron chi connectivity index (χ2n) is 9.26. The van der Waals surface area contributed by atoms with Gasteiger partial charge in [0.2, 0.25) is 11.8 Å². The summed E-state index contributed by atoms with van der Waals surface area (Å²) in [6.07, 6.45) is 5.84. The molecule has 8 nitrogen and oxygen atoms in total. The number of anilines is 1. The van der Waals surface area contributed by atoms with Crippen molar-refractivity contribution < 1.29 is 18.0 Å². The third kappa shape index (κ3) is 4.75. The first-order valence-corrected chi connectivity index (χ1v) is 13.2. The molecule has 1 saturated heterocycles. The number of benzene rings is 1. The lowest BCUT2D eigenvalue weighted by Gasteiger charge is -2.39. The van der Waals surface area contributed by atoms with Crippen LogP contribution in [0.5, 0.6) is 0 Å². The molecule has 2 saturated carbocycles. The predicted octanol–water partition coefficient (Wildman–Crippen LogP) is 1.72. The Labute approximate surface area is 189 Å². The lowest BCUT2D eigenvalue weighted by atomic mass is 9.77. The van der Waals surface area contributed by atoms with Crippen molar-refractivity contribution in [1.82, 2.24) is 10.2 Å². The number of piperazine rings is 1. The highest BCUT2D eigenvalue weighted by molar-refractivity contribution is 7.90. The number of carbonyl (C=O) groups is 2. The van der Waals surface area contributed by atoms with Crippen LogP contribution < -0.4 is 10.2 Å². The molecule has 32 heavy (non-hydrogen) atoms. The average molecular weight is 459 g/mol. The molecule has 4 rings (SSSR count). The van der Waals surface area contributed by atoms with Crippen LogP contribution in [-0.2, 0) is 19.4 Å². The predicted molar refractivity (Wildman–Crippen MR) is 120 cm³/mol. The standard InChI is InChI=1S/C23H30N4O4S/c1-32(30,31)18-8-6-17(7-9-18)26-12-14-27(15-13-26)22(29)20-5-3-2-4-19(20)21(28)25-23(16-24)10-11-23/h6-9,19-20H,2-5,10-15H2,1H3,(H,25,28)/t19-,20?/m1/s1. The summed E-state index contributed by atoms with van der Waals surface area (Å²) in [7, 11) is -3.23. The van der Waals surface area contributed by atoms with Gasteiger partial charge in [0.15, 0.2) is 9.84 Å². The SMILES string of the molecule is CS(=O)(=O)c1ccc(N2CCN(C(=O)C3CCCC[C@H]3C(=O)NC3(C#N)CC3)CC2)cc1. The lowest BCUT2D eigenvalue weighted by Crippen LogP contribution is -2.53. The molecule has 1 aromatic rings. The maximum absolute atomic E-state index is 13.3. The van der Waals surface area contributed by atoms with E-state index in [0.29, 0.717) is 56.8 Å². The van der Waals surface area contributed by atoms with Gasteiger partial charge in [0, 0.05) is 50.0 Å². The van der Waals surface area contributed by atoms with Crippen LogP contribution in [0.2, 0.25) is 0 Å². The molecule has 2 aliphatic carbocycles. The summed E-state index contributed by atoms with van der Waals surface area (Å²) in [4.78, 5) is 30.5. The van der Waals surface area contributed by atoms with Crippen molar-refractivity contribution in [2.24, 2.45) is 11.8 Å². The van der Waals surface area contributed by atoms with Crippen molar-refractivity contribution in [3.05, 3.63) is 24.3 Å². The smallest absolute Gasteiger partial charge is 0.226 e. The van der Waals surface area contributed by atoms with Crippen LogP contribution >= 0.6 is 0 Å². The summed E-state index contributed by atoms with van der Waals surface area (Å²) in [5.74, 6) is -0.784. The minimum Gasteiger partial charge on any atom is -0.368 e. The van der Waals surface area contributed by atoms with Crippen molar-refractivity contribution in [3.8, 4) is 6.07 Å². The molecular formula is C23H30N4O4S. The van der Waals surface area contributed by atoms with Crippen molar-refractivity contribution in [2.75, 3.05) is 37.3 Å². The van der Waals surface area contributed by atoms with Gasteiger partial charge in [-0.15, -0.1) is 0 Å². The van der Waals surface area contributed by atoms with Gasteiger partial charge in [-0.2, -0.15) is 5.26 Å². The Morgan fingerprint density at radius 1 is 1.03 bits per heavy atom. The van der Waals surface area contributed by atoms with Gasteiger partial charge in [-0.3, -0.25) is 9.59 Å². The number of hydrogen-bond acceptors (Lipinski definition) is 6. The monoisotopic (exact) mass is 458 g/mol. The van der Waals surface area contributed by atoms with E-state index in [4.69, 9.17) is 0 Å². The van der Waals surface area contributed by atoms with Gasteiger partial charge in [0.05, 0.1) is 11.0 Å². The number of carbonyl (C=O) groups excluding carboxylic acids is 2. The van der Waals surface area contributed by atoms with Crippen molar-refractivity contribution in [1.29, 1.82) is 5.26 Å². The Morgan fingerprint density at radius 2 is 1.62 bits per heavy atom. The topological polar surface area (TPSA) is 111 Å². The van der Waals surface area contributed by atoms with E-state index < -0.39 is 15.4 Å². The second-order valence-corrected chi connectivity index (χ2v) is 11.3. The summed E-state index contributed by atoms with van der Waals surface area (Å²) >= 11 is 0. The number of nitriles is 1. The van der Waals surface area contributed by atoms with Crippen LogP contribution in [0.15, 0.2) is 29.2 Å². The van der Waals surface area contributed by atoms with E-state index in [9.17, 15) is 23.3 Å².